The molecule has 3 rings (SSSR count). The number of carbonyl (C=O) groups excluding carboxylic acids is 2. The number of benzene rings is 3. The molecule has 1 atom stereocenters. The molecule has 0 aliphatic rings. The van der Waals surface area contributed by atoms with Crippen LogP contribution >= 0.6 is 7.14 Å². The summed E-state index contributed by atoms with van der Waals surface area (Å²) in [5.74, 6) is 0.424. The van der Waals surface area contributed by atoms with E-state index in [1.165, 1.54) is 26.4 Å². The van der Waals surface area contributed by atoms with Crippen molar-refractivity contribution in [3.8, 4) is 11.5 Å². The molecule has 0 bridgehead atoms. The molecule has 29 heavy (non-hydrogen) atoms. The van der Waals surface area contributed by atoms with Crippen molar-refractivity contribution in [3.05, 3.63) is 89.5 Å². The highest BCUT2D eigenvalue weighted by atomic mass is 31.2. The van der Waals surface area contributed by atoms with Crippen molar-refractivity contribution in [1.29, 1.82) is 0 Å². The van der Waals surface area contributed by atoms with Crippen molar-refractivity contribution in [2.45, 2.75) is 6.92 Å². The number of hydrogen-bond acceptors (Lipinski definition) is 5. The fourth-order valence-electron chi connectivity index (χ4n) is 3.14. The molecule has 0 fully saturated rings. The SMILES string of the molecule is COc1cc(C)cc(OC)c1C(=O)P(=O)(C(=O)c1ccccc1)c1ccccc1. The van der Waals surface area contributed by atoms with Crippen LogP contribution in [0.25, 0.3) is 0 Å². The van der Waals surface area contributed by atoms with Gasteiger partial charge in [0.1, 0.15) is 17.1 Å². The summed E-state index contributed by atoms with van der Waals surface area (Å²) in [6.45, 7) is 1.82. The van der Waals surface area contributed by atoms with Gasteiger partial charge in [-0.3, -0.25) is 9.59 Å². The third-order valence-electron chi connectivity index (χ3n) is 4.58. The highest BCUT2D eigenvalue weighted by molar-refractivity contribution is 8.01. The molecule has 5 nitrogen and oxygen atoms in total. The van der Waals surface area contributed by atoms with Crippen LogP contribution in [0, 0.1) is 6.92 Å². The topological polar surface area (TPSA) is 69.7 Å². The molecule has 148 valence electrons. The Hall–Kier alpha value is -3.17. The molecule has 0 radical (unpaired) electrons. The molecule has 0 aliphatic heterocycles. The molecule has 3 aromatic rings. The molecule has 0 saturated heterocycles. The molecule has 0 N–H and O–H groups in total. The third kappa shape index (κ3) is 3.74. The number of hydrogen-bond donors (Lipinski definition) is 0. The molecule has 3 aromatic carbocycles. The predicted octanol–water partition coefficient (Wildman–Crippen LogP) is 4.68. The van der Waals surface area contributed by atoms with Crippen molar-refractivity contribution in [2.24, 2.45) is 0 Å². The Balaban J connectivity index is 2.28. The predicted molar refractivity (Wildman–Crippen MR) is 113 cm³/mol. The number of carbonyl (C=O) groups is 2. The first-order chi connectivity index (χ1) is 13.9. The minimum absolute atomic E-state index is 0.00272. The first-order valence-corrected chi connectivity index (χ1v) is 10.7. The highest BCUT2D eigenvalue weighted by Crippen LogP contribution is 2.53. The average Bonchev–Trinajstić information content (AvgIpc) is 2.77. The van der Waals surface area contributed by atoms with Crippen molar-refractivity contribution in [3.63, 3.8) is 0 Å². The van der Waals surface area contributed by atoms with Crippen molar-refractivity contribution in [2.75, 3.05) is 14.2 Å². The van der Waals surface area contributed by atoms with E-state index in [9.17, 15) is 14.2 Å². The van der Waals surface area contributed by atoms with Crippen LogP contribution in [-0.2, 0) is 4.57 Å². The zero-order valence-corrected chi connectivity index (χ0v) is 17.3. The Morgan fingerprint density at radius 3 is 1.72 bits per heavy atom. The van der Waals surface area contributed by atoms with Gasteiger partial charge in [-0.15, -0.1) is 0 Å². The van der Waals surface area contributed by atoms with E-state index in [-0.39, 0.29) is 27.9 Å². The first-order valence-electron chi connectivity index (χ1n) is 8.96. The summed E-state index contributed by atoms with van der Waals surface area (Å²) in [7, 11) is -1.40. The summed E-state index contributed by atoms with van der Waals surface area (Å²) in [6, 6.07) is 19.6. The summed E-state index contributed by atoms with van der Waals surface area (Å²) in [6.07, 6.45) is 0. The molecule has 0 aromatic heterocycles. The van der Waals surface area contributed by atoms with E-state index in [2.05, 4.69) is 0 Å². The van der Waals surface area contributed by atoms with Crippen LogP contribution in [0.1, 0.15) is 26.3 Å². The van der Waals surface area contributed by atoms with Gasteiger partial charge in [0.25, 0.3) is 0 Å². The minimum Gasteiger partial charge on any atom is -0.496 e. The van der Waals surface area contributed by atoms with E-state index in [1.54, 1.807) is 60.7 Å². The van der Waals surface area contributed by atoms with Gasteiger partial charge in [-0.1, -0.05) is 60.7 Å². The quantitative estimate of drug-likeness (QED) is 0.531. The van der Waals surface area contributed by atoms with E-state index in [4.69, 9.17) is 9.47 Å². The van der Waals surface area contributed by atoms with Gasteiger partial charge in [0.2, 0.25) is 18.2 Å². The average molecular weight is 408 g/mol. The molecule has 0 aliphatic carbocycles. The zero-order chi connectivity index (χ0) is 21.0. The molecule has 6 heteroatoms. The van der Waals surface area contributed by atoms with Crippen LogP contribution in [0.3, 0.4) is 0 Å². The Morgan fingerprint density at radius 2 is 1.24 bits per heavy atom. The normalized spacial score (nSPS) is 12.7. The number of ether oxygens (including phenoxy) is 2. The van der Waals surface area contributed by atoms with E-state index in [0.717, 1.165) is 5.56 Å². The van der Waals surface area contributed by atoms with E-state index < -0.39 is 18.2 Å². The summed E-state index contributed by atoms with van der Waals surface area (Å²) < 4.78 is 25.0. The maximum absolute atomic E-state index is 14.2. The summed E-state index contributed by atoms with van der Waals surface area (Å²) >= 11 is 0. The first kappa shape index (κ1) is 20.6. The van der Waals surface area contributed by atoms with Gasteiger partial charge in [0.05, 0.1) is 14.2 Å². The molecule has 0 spiro atoms. The minimum atomic E-state index is -4.23. The molecular formula is C23H21O5P. The molecule has 0 heterocycles. The van der Waals surface area contributed by atoms with Crippen LogP contribution in [-0.4, -0.2) is 25.3 Å². The maximum Gasteiger partial charge on any atom is 0.248 e. The fraction of sp³-hybridized carbons (Fsp3) is 0.130. The van der Waals surface area contributed by atoms with Crippen LogP contribution in [0.2, 0.25) is 0 Å². The van der Waals surface area contributed by atoms with Crippen molar-refractivity contribution >= 4 is 23.5 Å². The van der Waals surface area contributed by atoms with E-state index in [0.29, 0.717) is 0 Å². The van der Waals surface area contributed by atoms with E-state index >= 15 is 0 Å². The zero-order valence-electron chi connectivity index (χ0n) is 16.4. The van der Waals surface area contributed by atoms with Gasteiger partial charge in [-0.2, -0.15) is 0 Å². The second-order valence-electron chi connectivity index (χ2n) is 6.47. The number of rotatable bonds is 7. The summed E-state index contributed by atoms with van der Waals surface area (Å²) in [5.41, 5.74) is -0.528. The van der Waals surface area contributed by atoms with Crippen LogP contribution in [0.5, 0.6) is 11.5 Å². The number of methoxy groups -OCH3 is 2. The fourth-order valence-corrected chi connectivity index (χ4v) is 5.43. The largest absolute Gasteiger partial charge is 0.496 e. The van der Waals surface area contributed by atoms with Gasteiger partial charge in [-0.25, -0.2) is 0 Å². The standard InChI is InChI=1S/C23H21O5P/c1-16-14-19(27-2)21(20(15-16)28-3)23(25)29(26,18-12-8-5-9-13-18)22(24)17-10-6-4-7-11-17/h4-15H,1-3H3. The van der Waals surface area contributed by atoms with Crippen LogP contribution in [0.4, 0.5) is 0 Å². The van der Waals surface area contributed by atoms with Crippen molar-refractivity contribution < 1.29 is 23.6 Å². The Morgan fingerprint density at radius 1 is 0.759 bits per heavy atom. The number of aryl methyl sites for hydroxylation is 1. The Kier molecular flexibility index (Phi) is 6.00. The van der Waals surface area contributed by atoms with Gasteiger partial charge in [-0.05, 0) is 24.6 Å². The third-order valence-corrected chi connectivity index (χ3v) is 7.23. The smallest absolute Gasteiger partial charge is 0.248 e. The maximum atomic E-state index is 14.2. The lowest BCUT2D eigenvalue weighted by molar-refractivity contribution is 0.103. The second-order valence-corrected chi connectivity index (χ2v) is 9.01. The molecule has 0 saturated carbocycles. The van der Waals surface area contributed by atoms with Gasteiger partial charge in [0.15, 0.2) is 0 Å². The molecule has 0 amide bonds. The Labute approximate surface area is 169 Å². The molecule has 1 unspecified atom stereocenters. The van der Waals surface area contributed by atoms with E-state index in [1.807, 2.05) is 6.92 Å². The summed E-state index contributed by atoms with van der Waals surface area (Å²) in [5, 5.41) is 0.170. The van der Waals surface area contributed by atoms with Gasteiger partial charge < -0.3 is 14.0 Å². The van der Waals surface area contributed by atoms with Crippen LogP contribution < -0.4 is 14.8 Å². The van der Waals surface area contributed by atoms with Gasteiger partial charge >= 0.3 is 0 Å². The lowest BCUT2D eigenvalue weighted by Gasteiger charge is -2.20. The monoisotopic (exact) mass is 408 g/mol. The highest BCUT2D eigenvalue weighted by Gasteiger charge is 2.45. The lowest BCUT2D eigenvalue weighted by atomic mass is 10.1. The second kappa shape index (κ2) is 8.46. The van der Waals surface area contributed by atoms with Gasteiger partial charge in [0, 0.05) is 10.9 Å². The summed E-state index contributed by atoms with van der Waals surface area (Å²) in [4.78, 5) is 27.1. The lowest BCUT2D eigenvalue weighted by Crippen LogP contribution is -2.21. The molecular weight excluding hydrogens is 387 g/mol. The van der Waals surface area contributed by atoms with Crippen molar-refractivity contribution in [1.82, 2.24) is 0 Å². The van der Waals surface area contributed by atoms with Crippen LogP contribution in [0.15, 0.2) is 72.8 Å². The Bertz CT molecular complexity index is 1070.